The number of morpholine rings is 1. The van der Waals surface area contributed by atoms with Gasteiger partial charge in [0, 0.05) is 13.6 Å². The number of rotatable bonds is 1. The summed E-state index contributed by atoms with van der Waals surface area (Å²) in [4.78, 5) is 11.4. The number of nitrogens with one attached hydrogen (secondary N) is 1. The molecule has 5 nitrogen and oxygen atoms in total. The van der Waals surface area contributed by atoms with Gasteiger partial charge in [-0.15, -0.1) is 0 Å². The number of ether oxygens (including phenoxy) is 1. The summed E-state index contributed by atoms with van der Waals surface area (Å²) < 4.78 is 12.0. The molecular formula is C12H14N2O3. The lowest BCUT2D eigenvalue weighted by molar-refractivity contribution is 0.0769. The summed E-state index contributed by atoms with van der Waals surface area (Å²) >= 11 is 0. The van der Waals surface area contributed by atoms with Gasteiger partial charge >= 0.3 is 5.76 Å². The third-order valence-corrected chi connectivity index (χ3v) is 3.14. The van der Waals surface area contributed by atoms with Crippen LogP contribution in [0.2, 0.25) is 0 Å². The van der Waals surface area contributed by atoms with E-state index in [1.54, 1.807) is 7.05 Å². The monoisotopic (exact) mass is 234 g/mol. The van der Waals surface area contributed by atoms with Gasteiger partial charge in [0.15, 0.2) is 5.58 Å². The van der Waals surface area contributed by atoms with Crippen molar-refractivity contribution >= 4 is 11.1 Å². The summed E-state index contributed by atoms with van der Waals surface area (Å²) in [5, 5.41) is 3.38. The number of aryl methyl sites for hydroxylation is 1. The normalized spacial score (nSPS) is 20.9. The Kier molecular flexibility index (Phi) is 2.49. The molecular weight excluding hydrogens is 220 g/mol. The van der Waals surface area contributed by atoms with Gasteiger partial charge in [-0.25, -0.2) is 4.79 Å². The molecule has 1 fully saturated rings. The zero-order valence-electron chi connectivity index (χ0n) is 9.60. The molecule has 1 saturated heterocycles. The molecule has 1 aromatic carbocycles. The molecule has 17 heavy (non-hydrogen) atoms. The molecule has 0 saturated carbocycles. The maximum atomic E-state index is 11.4. The number of oxazole rings is 1. The van der Waals surface area contributed by atoms with Crippen LogP contribution in [0.5, 0.6) is 0 Å². The number of fused-ring (bicyclic) bond motifs is 1. The molecule has 90 valence electrons. The van der Waals surface area contributed by atoms with Gasteiger partial charge in [-0.1, -0.05) is 6.07 Å². The smallest absolute Gasteiger partial charge is 0.408 e. The van der Waals surface area contributed by atoms with Crippen LogP contribution in [-0.4, -0.2) is 24.3 Å². The van der Waals surface area contributed by atoms with E-state index in [0.717, 1.165) is 24.2 Å². The predicted octanol–water partition coefficient (Wildman–Crippen LogP) is 0.792. The topological polar surface area (TPSA) is 56.4 Å². The quantitative estimate of drug-likeness (QED) is 0.792. The molecule has 1 aliphatic rings. The number of hydrogen-bond acceptors (Lipinski definition) is 4. The molecule has 0 spiro atoms. The Balaban J connectivity index is 2.05. The van der Waals surface area contributed by atoms with Gasteiger partial charge in [0.2, 0.25) is 0 Å². The van der Waals surface area contributed by atoms with Crippen LogP contribution in [0.4, 0.5) is 0 Å². The fourth-order valence-corrected chi connectivity index (χ4v) is 2.14. The zero-order chi connectivity index (χ0) is 11.8. The van der Waals surface area contributed by atoms with Crippen molar-refractivity contribution in [3.05, 3.63) is 34.3 Å². The lowest BCUT2D eigenvalue weighted by atomic mass is 10.1. The van der Waals surface area contributed by atoms with E-state index >= 15 is 0 Å². The minimum Gasteiger partial charge on any atom is -0.408 e. The Hall–Kier alpha value is -1.59. The van der Waals surface area contributed by atoms with Crippen molar-refractivity contribution in [3.8, 4) is 0 Å². The zero-order valence-corrected chi connectivity index (χ0v) is 9.60. The Labute approximate surface area is 98.0 Å². The molecule has 3 rings (SSSR count). The van der Waals surface area contributed by atoms with Crippen LogP contribution in [0.25, 0.3) is 11.1 Å². The lowest BCUT2D eigenvalue weighted by Crippen LogP contribution is -2.34. The second kappa shape index (κ2) is 4.01. The fraction of sp³-hybridized carbons (Fsp3) is 0.417. The van der Waals surface area contributed by atoms with Gasteiger partial charge in [-0.3, -0.25) is 4.57 Å². The van der Waals surface area contributed by atoms with E-state index in [1.165, 1.54) is 4.57 Å². The van der Waals surface area contributed by atoms with Crippen molar-refractivity contribution < 1.29 is 9.15 Å². The van der Waals surface area contributed by atoms with Crippen LogP contribution in [0.1, 0.15) is 11.6 Å². The second-order valence-electron chi connectivity index (χ2n) is 4.24. The second-order valence-corrected chi connectivity index (χ2v) is 4.24. The first-order chi connectivity index (χ1) is 8.25. The van der Waals surface area contributed by atoms with E-state index in [9.17, 15) is 4.79 Å². The highest BCUT2D eigenvalue weighted by molar-refractivity contribution is 5.73. The van der Waals surface area contributed by atoms with Crippen molar-refractivity contribution in [2.75, 3.05) is 19.8 Å². The van der Waals surface area contributed by atoms with E-state index in [-0.39, 0.29) is 11.8 Å². The Morgan fingerprint density at radius 2 is 2.35 bits per heavy atom. The molecule has 1 aliphatic heterocycles. The van der Waals surface area contributed by atoms with E-state index in [1.807, 2.05) is 18.2 Å². The van der Waals surface area contributed by atoms with Crippen LogP contribution in [-0.2, 0) is 11.8 Å². The molecule has 2 heterocycles. The maximum Gasteiger partial charge on any atom is 0.419 e. The maximum absolute atomic E-state index is 11.4. The Morgan fingerprint density at radius 3 is 3.12 bits per heavy atom. The number of nitrogens with zero attached hydrogens (tertiary/aromatic N) is 1. The van der Waals surface area contributed by atoms with Crippen LogP contribution >= 0.6 is 0 Å². The summed E-state index contributed by atoms with van der Waals surface area (Å²) in [7, 11) is 1.71. The van der Waals surface area contributed by atoms with Crippen molar-refractivity contribution in [3.63, 3.8) is 0 Å². The number of aromatic nitrogens is 1. The van der Waals surface area contributed by atoms with E-state index in [4.69, 9.17) is 9.15 Å². The summed E-state index contributed by atoms with van der Waals surface area (Å²) in [5.41, 5.74) is 2.56. The highest BCUT2D eigenvalue weighted by Crippen LogP contribution is 2.21. The van der Waals surface area contributed by atoms with Crippen molar-refractivity contribution in [1.29, 1.82) is 0 Å². The first-order valence-corrected chi connectivity index (χ1v) is 5.66. The summed E-state index contributed by atoms with van der Waals surface area (Å²) in [6.07, 6.45) is 0. The van der Waals surface area contributed by atoms with E-state index < -0.39 is 0 Å². The Morgan fingerprint density at radius 1 is 1.47 bits per heavy atom. The van der Waals surface area contributed by atoms with Gasteiger partial charge in [-0.05, 0) is 17.7 Å². The molecule has 0 aliphatic carbocycles. The van der Waals surface area contributed by atoms with Crippen molar-refractivity contribution in [1.82, 2.24) is 9.88 Å². The molecule has 1 N–H and O–H groups in total. The van der Waals surface area contributed by atoms with E-state index in [2.05, 4.69) is 5.32 Å². The van der Waals surface area contributed by atoms with Gasteiger partial charge in [-0.2, -0.15) is 0 Å². The molecule has 5 heteroatoms. The van der Waals surface area contributed by atoms with Crippen LogP contribution < -0.4 is 11.1 Å². The van der Waals surface area contributed by atoms with E-state index in [0.29, 0.717) is 12.2 Å². The SMILES string of the molecule is Cn1c(=O)oc2ccc(C3COCCN3)cc21. The van der Waals surface area contributed by atoms with Gasteiger partial charge in [0.05, 0.1) is 24.8 Å². The van der Waals surface area contributed by atoms with Crippen molar-refractivity contribution in [2.45, 2.75) is 6.04 Å². The Bertz CT molecular complexity index is 593. The third kappa shape index (κ3) is 1.77. The fourth-order valence-electron chi connectivity index (χ4n) is 2.14. The highest BCUT2D eigenvalue weighted by Gasteiger charge is 2.16. The minimum absolute atomic E-state index is 0.193. The van der Waals surface area contributed by atoms with Crippen LogP contribution in [0.15, 0.2) is 27.4 Å². The molecule has 0 amide bonds. The molecule has 1 atom stereocenters. The minimum atomic E-state index is -0.329. The summed E-state index contributed by atoms with van der Waals surface area (Å²) in [6, 6.07) is 5.98. The lowest BCUT2D eigenvalue weighted by Gasteiger charge is -2.24. The summed E-state index contributed by atoms with van der Waals surface area (Å²) in [5.74, 6) is -0.329. The number of hydrogen-bond donors (Lipinski definition) is 1. The summed E-state index contributed by atoms with van der Waals surface area (Å²) in [6.45, 7) is 2.27. The average molecular weight is 234 g/mol. The third-order valence-electron chi connectivity index (χ3n) is 3.14. The standard InChI is InChI=1S/C12H14N2O3/c1-14-10-6-8(9-7-16-5-4-13-9)2-3-11(10)17-12(14)15/h2-3,6,9,13H,4-5,7H2,1H3. The highest BCUT2D eigenvalue weighted by atomic mass is 16.5. The predicted molar refractivity (Wildman–Crippen MR) is 63.0 cm³/mol. The van der Waals surface area contributed by atoms with Gasteiger partial charge in [0.1, 0.15) is 0 Å². The first kappa shape index (κ1) is 10.6. The molecule has 2 aromatic rings. The molecule has 1 aromatic heterocycles. The average Bonchev–Trinajstić information content (AvgIpc) is 2.66. The first-order valence-electron chi connectivity index (χ1n) is 5.66. The van der Waals surface area contributed by atoms with Gasteiger partial charge < -0.3 is 14.5 Å². The van der Waals surface area contributed by atoms with Crippen LogP contribution in [0, 0.1) is 0 Å². The molecule has 1 unspecified atom stereocenters. The largest absolute Gasteiger partial charge is 0.419 e. The molecule has 0 radical (unpaired) electrons. The van der Waals surface area contributed by atoms with Gasteiger partial charge in [0.25, 0.3) is 0 Å². The molecule has 0 bridgehead atoms. The van der Waals surface area contributed by atoms with Crippen LogP contribution in [0.3, 0.4) is 0 Å². The number of benzene rings is 1. The van der Waals surface area contributed by atoms with Crippen molar-refractivity contribution in [2.24, 2.45) is 7.05 Å².